The molecule has 2 rings (SSSR count). The first kappa shape index (κ1) is 14.7. The number of benzene rings is 1. The minimum atomic E-state index is -4.41. The average molecular weight is 338 g/mol. The molecule has 19 heavy (non-hydrogen) atoms. The smallest absolute Gasteiger partial charge is 0.420 e. The maximum Gasteiger partial charge on any atom is 0.420 e. The molecule has 1 aliphatic rings. The fraction of sp³-hybridized carbons (Fsp3) is 0.538. The van der Waals surface area contributed by atoms with Gasteiger partial charge in [0.1, 0.15) is 5.75 Å². The van der Waals surface area contributed by atoms with E-state index in [0.717, 1.165) is 25.9 Å². The minimum Gasteiger partial charge on any atom is -0.495 e. The second kappa shape index (κ2) is 5.71. The molecule has 1 unspecified atom stereocenters. The highest BCUT2D eigenvalue weighted by Crippen LogP contribution is 2.42. The Morgan fingerprint density at radius 2 is 2.11 bits per heavy atom. The third kappa shape index (κ3) is 3.23. The molecule has 0 aromatic heterocycles. The number of methoxy groups -OCH3 is 1. The lowest BCUT2D eigenvalue weighted by molar-refractivity contribution is -0.138. The first-order chi connectivity index (χ1) is 8.93. The predicted molar refractivity (Wildman–Crippen MR) is 70.5 cm³/mol. The van der Waals surface area contributed by atoms with Crippen molar-refractivity contribution < 1.29 is 17.9 Å². The molecule has 6 heteroatoms. The van der Waals surface area contributed by atoms with Crippen LogP contribution in [0.25, 0.3) is 0 Å². The molecule has 1 aromatic rings. The molecule has 0 spiro atoms. The first-order valence-corrected chi connectivity index (χ1v) is 6.88. The molecule has 2 nitrogen and oxygen atoms in total. The molecule has 0 saturated carbocycles. The summed E-state index contributed by atoms with van der Waals surface area (Å²) >= 11 is 3.17. The van der Waals surface area contributed by atoms with E-state index in [0.29, 0.717) is 10.0 Å². The van der Waals surface area contributed by atoms with Gasteiger partial charge in [0.2, 0.25) is 0 Å². The molecule has 0 aliphatic carbocycles. The Kier molecular flexibility index (Phi) is 4.40. The Bertz CT molecular complexity index is 456. The number of hydrogen-bond donors (Lipinski definition) is 1. The van der Waals surface area contributed by atoms with Crippen molar-refractivity contribution in [2.75, 3.05) is 20.2 Å². The van der Waals surface area contributed by atoms with E-state index < -0.39 is 11.7 Å². The lowest BCUT2D eigenvalue weighted by Gasteiger charge is -2.25. The van der Waals surface area contributed by atoms with Gasteiger partial charge in [-0.05, 0) is 58.9 Å². The Labute approximate surface area is 118 Å². The van der Waals surface area contributed by atoms with Gasteiger partial charge in [-0.2, -0.15) is 13.2 Å². The number of alkyl halides is 3. The van der Waals surface area contributed by atoms with Crippen molar-refractivity contribution in [1.29, 1.82) is 0 Å². The highest BCUT2D eigenvalue weighted by Gasteiger charge is 2.36. The third-order valence-electron chi connectivity index (χ3n) is 3.34. The molecular weight excluding hydrogens is 323 g/mol. The van der Waals surface area contributed by atoms with Gasteiger partial charge in [0.15, 0.2) is 0 Å². The summed E-state index contributed by atoms with van der Waals surface area (Å²) in [6.07, 6.45) is -2.52. The van der Waals surface area contributed by atoms with Crippen molar-refractivity contribution in [2.24, 2.45) is 0 Å². The van der Waals surface area contributed by atoms with Crippen LogP contribution in [-0.2, 0) is 6.18 Å². The van der Waals surface area contributed by atoms with E-state index in [2.05, 4.69) is 21.2 Å². The molecule has 0 radical (unpaired) electrons. The third-order valence-corrected chi connectivity index (χ3v) is 3.93. The zero-order valence-corrected chi connectivity index (χ0v) is 12.1. The lowest BCUT2D eigenvalue weighted by atomic mass is 9.90. The van der Waals surface area contributed by atoms with Crippen LogP contribution >= 0.6 is 15.9 Å². The van der Waals surface area contributed by atoms with Crippen LogP contribution in [0.5, 0.6) is 5.75 Å². The van der Waals surface area contributed by atoms with Crippen molar-refractivity contribution in [1.82, 2.24) is 5.32 Å². The number of nitrogens with one attached hydrogen (secondary N) is 1. The monoisotopic (exact) mass is 337 g/mol. The van der Waals surface area contributed by atoms with Gasteiger partial charge >= 0.3 is 6.18 Å². The van der Waals surface area contributed by atoms with Crippen LogP contribution in [0.2, 0.25) is 0 Å². The van der Waals surface area contributed by atoms with Gasteiger partial charge in [-0.3, -0.25) is 0 Å². The van der Waals surface area contributed by atoms with Crippen LogP contribution in [0.4, 0.5) is 13.2 Å². The maximum atomic E-state index is 13.0. The van der Waals surface area contributed by atoms with Gasteiger partial charge in [0.05, 0.1) is 17.1 Å². The fourth-order valence-electron chi connectivity index (χ4n) is 2.40. The number of piperidine rings is 1. The zero-order chi connectivity index (χ0) is 14.0. The lowest BCUT2D eigenvalue weighted by Crippen LogP contribution is -2.28. The molecule has 0 bridgehead atoms. The summed E-state index contributed by atoms with van der Waals surface area (Å²) in [6, 6.07) is 2.94. The largest absolute Gasteiger partial charge is 0.495 e. The molecule has 1 aromatic carbocycles. The molecule has 1 heterocycles. The van der Waals surface area contributed by atoms with Crippen molar-refractivity contribution in [2.45, 2.75) is 24.9 Å². The quantitative estimate of drug-likeness (QED) is 0.882. The van der Waals surface area contributed by atoms with E-state index in [4.69, 9.17) is 4.74 Å². The number of rotatable bonds is 2. The van der Waals surface area contributed by atoms with Gasteiger partial charge in [-0.25, -0.2) is 0 Å². The van der Waals surface area contributed by atoms with E-state index in [-0.39, 0.29) is 11.7 Å². The van der Waals surface area contributed by atoms with Crippen molar-refractivity contribution in [3.05, 3.63) is 27.7 Å². The Morgan fingerprint density at radius 1 is 1.37 bits per heavy atom. The van der Waals surface area contributed by atoms with Crippen LogP contribution < -0.4 is 10.1 Å². The molecular formula is C13H15BrF3NO. The summed E-state index contributed by atoms with van der Waals surface area (Å²) in [7, 11) is 1.25. The van der Waals surface area contributed by atoms with E-state index in [1.807, 2.05) is 0 Å². The summed E-state index contributed by atoms with van der Waals surface area (Å²) in [5, 5.41) is 3.21. The summed E-state index contributed by atoms with van der Waals surface area (Å²) in [4.78, 5) is 0. The number of hydrogen-bond acceptors (Lipinski definition) is 2. The molecule has 1 saturated heterocycles. The summed E-state index contributed by atoms with van der Waals surface area (Å²) in [6.45, 7) is 1.65. The topological polar surface area (TPSA) is 21.3 Å². The minimum absolute atomic E-state index is 0.122. The van der Waals surface area contributed by atoms with Gasteiger partial charge in [0, 0.05) is 6.54 Å². The van der Waals surface area contributed by atoms with Crippen LogP contribution in [0, 0.1) is 0 Å². The van der Waals surface area contributed by atoms with E-state index in [9.17, 15) is 13.2 Å². The van der Waals surface area contributed by atoms with Gasteiger partial charge in [-0.15, -0.1) is 0 Å². The molecule has 1 atom stereocenters. The van der Waals surface area contributed by atoms with Crippen LogP contribution in [-0.4, -0.2) is 20.2 Å². The fourth-order valence-corrected chi connectivity index (χ4v) is 3.04. The van der Waals surface area contributed by atoms with Gasteiger partial charge in [-0.1, -0.05) is 0 Å². The standard InChI is InChI=1S/C13H15BrF3NO/c1-19-12-10(13(15,16)17)5-9(6-11(12)14)8-3-2-4-18-7-8/h5-6,8,18H,2-4,7H2,1H3. The SMILES string of the molecule is COc1c(Br)cc(C2CCCNC2)cc1C(F)(F)F. The van der Waals surface area contributed by atoms with E-state index in [1.165, 1.54) is 13.2 Å². The second-order valence-electron chi connectivity index (χ2n) is 4.62. The number of ether oxygens (including phenoxy) is 1. The highest BCUT2D eigenvalue weighted by atomic mass is 79.9. The molecule has 106 valence electrons. The summed E-state index contributed by atoms with van der Waals surface area (Å²) < 4.78 is 44.4. The van der Waals surface area contributed by atoms with Gasteiger partial charge < -0.3 is 10.1 Å². The molecule has 1 N–H and O–H groups in total. The van der Waals surface area contributed by atoms with Crippen molar-refractivity contribution in [3.63, 3.8) is 0 Å². The van der Waals surface area contributed by atoms with Crippen molar-refractivity contribution in [3.8, 4) is 5.75 Å². The normalized spacial score (nSPS) is 20.4. The van der Waals surface area contributed by atoms with Gasteiger partial charge in [0.25, 0.3) is 0 Å². The Balaban J connectivity index is 2.43. The summed E-state index contributed by atoms with van der Waals surface area (Å²) in [5.41, 5.74) is -0.0165. The predicted octanol–water partition coefficient (Wildman–Crippen LogP) is 3.94. The maximum absolute atomic E-state index is 13.0. The van der Waals surface area contributed by atoms with Crippen LogP contribution in [0.3, 0.4) is 0 Å². The highest BCUT2D eigenvalue weighted by molar-refractivity contribution is 9.10. The van der Waals surface area contributed by atoms with E-state index in [1.54, 1.807) is 6.07 Å². The summed E-state index contributed by atoms with van der Waals surface area (Å²) in [5.74, 6) is -0.0305. The number of halogens is 4. The molecule has 1 fully saturated rings. The molecule has 0 amide bonds. The van der Waals surface area contributed by atoms with Crippen LogP contribution in [0.1, 0.15) is 29.9 Å². The van der Waals surface area contributed by atoms with Crippen LogP contribution in [0.15, 0.2) is 16.6 Å². The Hall–Kier alpha value is -0.750. The van der Waals surface area contributed by atoms with Crippen molar-refractivity contribution >= 4 is 15.9 Å². The first-order valence-electron chi connectivity index (χ1n) is 6.09. The molecule has 1 aliphatic heterocycles. The zero-order valence-electron chi connectivity index (χ0n) is 10.5. The second-order valence-corrected chi connectivity index (χ2v) is 5.48. The van der Waals surface area contributed by atoms with E-state index >= 15 is 0 Å². The Morgan fingerprint density at radius 3 is 2.63 bits per heavy atom. The average Bonchev–Trinajstić information content (AvgIpc) is 2.37.